The Morgan fingerprint density at radius 2 is 2.00 bits per heavy atom. The van der Waals surface area contributed by atoms with Gasteiger partial charge in [-0.15, -0.1) is 0 Å². The van der Waals surface area contributed by atoms with E-state index in [-0.39, 0.29) is 4.90 Å². The number of carbonyl (C=O) groups is 1. The molecule has 0 bridgehead atoms. The topological polar surface area (TPSA) is 72.5 Å². The van der Waals surface area contributed by atoms with Crippen LogP contribution < -0.4 is 5.32 Å². The van der Waals surface area contributed by atoms with Crippen molar-refractivity contribution in [2.75, 3.05) is 12.4 Å². The number of ether oxygens (including phenoxy) is 1. The van der Waals surface area contributed by atoms with Crippen molar-refractivity contribution in [1.29, 1.82) is 0 Å². The number of nitrogens with one attached hydrogen (secondary N) is 1. The second kappa shape index (κ2) is 4.21. The molecule has 2 aromatic rings. The second-order valence-corrected chi connectivity index (χ2v) is 6.90. The van der Waals surface area contributed by atoms with Crippen LogP contribution in [0, 0.1) is 0 Å². The van der Waals surface area contributed by atoms with Crippen LogP contribution in [0.15, 0.2) is 35.2 Å². The summed E-state index contributed by atoms with van der Waals surface area (Å²) in [5.74, 6) is -0.482. The van der Waals surface area contributed by atoms with Gasteiger partial charge in [0.05, 0.1) is 17.6 Å². The third-order valence-electron chi connectivity index (χ3n) is 3.54. The van der Waals surface area contributed by atoms with Gasteiger partial charge in [0.1, 0.15) is 5.37 Å². The number of methoxy groups -OCH3 is 1. The van der Waals surface area contributed by atoms with Crippen molar-refractivity contribution in [3.8, 4) is 0 Å². The average Bonchev–Trinajstić information content (AvgIpc) is 2.44. The first-order chi connectivity index (χ1) is 9.46. The molecule has 1 heterocycles. The van der Waals surface area contributed by atoms with Gasteiger partial charge in [-0.05, 0) is 30.5 Å². The van der Waals surface area contributed by atoms with E-state index in [4.69, 9.17) is 4.74 Å². The molecule has 1 atom stereocenters. The Morgan fingerprint density at radius 1 is 1.25 bits per heavy atom. The van der Waals surface area contributed by atoms with Gasteiger partial charge in [0.25, 0.3) is 0 Å². The van der Waals surface area contributed by atoms with Crippen LogP contribution in [0.5, 0.6) is 0 Å². The number of hydrogen-bond acceptors (Lipinski definition) is 5. The van der Waals surface area contributed by atoms with E-state index >= 15 is 0 Å². The van der Waals surface area contributed by atoms with E-state index in [1.807, 2.05) is 0 Å². The minimum Gasteiger partial charge on any atom is -0.465 e. The lowest BCUT2D eigenvalue weighted by Gasteiger charge is -2.25. The van der Waals surface area contributed by atoms with Gasteiger partial charge in [-0.25, -0.2) is 13.2 Å². The molecule has 3 rings (SSSR count). The molecule has 0 aromatic heterocycles. The molecule has 0 fully saturated rings. The van der Waals surface area contributed by atoms with Gasteiger partial charge < -0.3 is 10.1 Å². The SMILES string of the molecule is COC(=O)c1ccc2c3c(cccc13)NC(C)S2(=O)=O. The molecule has 0 aliphatic carbocycles. The summed E-state index contributed by atoms with van der Waals surface area (Å²) in [4.78, 5) is 12.0. The monoisotopic (exact) mass is 291 g/mol. The van der Waals surface area contributed by atoms with E-state index in [0.29, 0.717) is 22.0 Å². The standard InChI is InChI=1S/C14H13NO4S/c1-8-15-11-5-3-4-9-10(14(16)19-2)6-7-12(13(9)11)20(8,17)18/h3-8,15H,1-2H3. The smallest absolute Gasteiger partial charge is 0.338 e. The highest BCUT2D eigenvalue weighted by atomic mass is 32.2. The fraction of sp³-hybridized carbons (Fsp3) is 0.214. The quantitative estimate of drug-likeness (QED) is 0.815. The van der Waals surface area contributed by atoms with Gasteiger partial charge in [0.15, 0.2) is 9.84 Å². The number of benzene rings is 2. The summed E-state index contributed by atoms with van der Waals surface area (Å²) < 4.78 is 29.5. The Morgan fingerprint density at radius 3 is 2.70 bits per heavy atom. The van der Waals surface area contributed by atoms with Crippen molar-refractivity contribution in [2.24, 2.45) is 0 Å². The zero-order chi connectivity index (χ0) is 14.5. The fourth-order valence-corrected chi connectivity index (χ4v) is 3.93. The molecule has 0 amide bonds. The van der Waals surface area contributed by atoms with E-state index in [9.17, 15) is 13.2 Å². The van der Waals surface area contributed by atoms with Crippen LogP contribution in [-0.2, 0) is 14.6 Å². The largest absolute Gasteiger partial charge is 0.465 e. The van der Waals surface area contributed by atoms with E-state index in [1.54, 1.807) is 25.1 Å². The van der Waals surface area contributed by atoms with Crippen molar-refractivity contribution in [2.45, 2.75) is 17.2 Å². The molecule has 1 aliphatic rings. The van der Waals surface area contributed by atoms with E-state index < -0.39 is 21.2 Å². The maximum absolute atomic E-state index is 12.4. The van der Waals surface area contributed by atoms with Crippen LogP contribution in [0.4, 0.5) is 5.69 Å². The van der Waals surface area contributed by atoms with Gasteiger partial charge in [0.2, 0.25) is 0 Å². The lowest BCUT2D eigenvalue weighted by molar-refractivity contribution is 0.0603. The summed E-state index contributed by atoms with van der Waals surface area (Å²) in [6.45, 7) is 1.60. The molecule has 20 heavy (non-hydrogen) atoms. The molecule has 6 heteroatoms. The molecule has 1 N–H and O–H groups in total. The Kier molecular flexibility index (Phi) is 2.72. The summed E-state index contributed by atoms with van der Waals surface area (Å²) in [7, 11) is -2.14. The fourth-order valence-electron chi connectivity index (χ4n) is 2.51. The van der Waals surface area contributed by atoms with E-state index in [2.05, 4.69) is 5.32 Å². The number of carbonyl (C=O) groups excluding carboxylic acids is 1. The normalized spacial score (nSPS) is 19.4. The average molecular weight is 291 g/mol. The predicted molar refractivity (Wildman–Crippen MR) is 75.6 cm³/mol. The number of sulfone groups is 1. The molecule has 1 unspecified atom stereocenters. The highest BCUT2D eigenvalue weighted by molar-refractivity contribution is 7.92. The number of esters is 1. The van der Waals surface area contributed by atoms with Crippen LogP contribution in [0.25, 0.3) is 10.8 Å². The molecular formula is C14H13NO4S. The van der Waals surface area contributed by atoms with Crippen molar-refractivity contribution in [1.82, 2.24) is 0 Å². The molecule has 1 aliphatic heterocycles. The Labute approximate surface area is 116 Å². The van der Waals surface area contributed by atoms with Crippen molar-refractivity contribution in [3.63, 3.8) is 0 Å². The lowest BCUT2D eigenvalue weighted by atomic mass is 10.0. The third kappa shape index (κ3) is 1.61. The van der Waals surface area contributed by atoms with Gasteiger partial charge in [-0.1, -0.05) is 12.1 Å². The second-order valence-electron chi connectivity index (χ2n) is 4.66. The summed E-state index contributed by atoms with van der Waals surface area (Å²) in [6, 6.07) is 8.29. The highest BCUT2D eigenvalue weighted by Crippen LogP contribution is 2.38. The van der Waals surface area contributed by atoms with Crippen LogP contribution in [0.1, 0.15) is 17.3 Å². The Hall–Kier alpha value is -2.08. The maximum atomic E-state index is 12.4. The number of hydrogen-bond donors (Lipinski definition) is 1. The third-order valence-corrected chi connectivity index (χ3v) is 5.54. The summed E-state index contributed by atoms with van der Waals surface area (Å²) in [5, 5.41) is 3.40. The first-order valence-corrected chi connectivity index (χ1v) is 7.66. The van der Waals surface area contributed by atoms with Crippen molar-refractivity contribution < 1.29 is 17.9 Å². The Balaban J connectivity index is 2.45. The molecule has 104 valence electrons. The Bertz CT molecular complexity index is 826. The molecule has 0 saturated heterocycles. The van der Waals surface area contributed by atoms with Crippen LogP contribution in [0.2, 0.25) is 0 Å². The first kappa shape index (κ1) is 12.9. The van der Waals surface area contributed by atoms with Gasteiger partial charge >= 0.3 is 5.97 Å². The van der Waals surface area contributed by atoms with Crippen LogP contribution in [-0.4, -0.2) is 26.9 Å². The van der Waals surface area contributed by atoms with Gasteiger partial charge in [-0.3, -0.25) is 0 Å². The molecule has 0 spiro atoms. The summed E-state index contributed by atoms with van der Waals surface area (Å²) >= 11 is 0. The molecule has 5 nitrogen and oxygen atoms in total. The molecular weight excluding hydrogens is 278 g/mol. The molecule has 0 radical (unpaired) electrons. The predicted octanol–water partition coefficient (Wildman–Crippen LogP) is 2.17. The van der Waals surface area contributed by atoms with Crippen molar-refractivity contribution >= 4 is 32.3 Å². The van der Waals surface area contributed by atoms with Gasteiger partial charge in [-0.2, -0.15) is 0 Å². The van der Waals surface area contributed by atoms with E-state index in [0.717, 1.165) is 0 Å². The van der Waals surface area contributed by atoms with Crippen molar-refractivity contribution in [3.05, 3.63) is 35.9 Å². The minimum absolute atomic E-state index is 0.252. The van der Waals surface area contributed by atoms with Crippen LogP contribution in [0.3, 0.4) is 0 Å². The summed E-state index contributed by atoms with van der Waals surface area (Å²) in [6.07, 6.45) is 0. The van der Waals surface area contributed by atoms with E-state index in [1.165, 1.54) is 19.2 Å². The zero-order valence-electron chi connectivity index (χ0n) is 11.0. The molecule has 2 aromatic carbocycles. The van der Waals surface area contributed by atoms with Crippen LogP contribution >= 0.6 is 0 Å². The highest BCUT2D eigenvalue weighted by Gasteiger charge is 2.32. The number of rotatable bonds is 1. The zero-order valence-corrected chi connectivity index (χ0v) is 11.8. The first-order valence-electron chi connectivity index (χ1n) is 6.11. The minimum atomic E-state index is -3.44. The summed E-state index contributed by atoms with van der Waals surface area (Å²) in [5.41, 5.74) is 1.07. The van der Waals surface area contributed by atoms with Gasteiger partial charge in [0, 0.05) is 11.1 Å². The molecule has 0 saturated carbocycles. The maximum Gasteiger partial charge on any atom is 0.338 e. The number of anilines is 1. The lowest BCUT2D eigenvalue weighted by Crippen LogP contribution is -2.30.